The summed E-state index contributed by atoms with van der Waals surface area (Å²) in [5.41, 5.74) is 7.48. The predicted molar refractivity (Wildman–Crippen MR) is 50.6 cm³/mol. The molecular formula is C9H15N3O. The van der Waals surface area contributed by atoms with Gasteiger partial charge >= 0.3 is 0 Å². The van der Waals surface area contributed by atoms with Gasteiger partial charge in [-0.3, -0.25) is 0 Å². The summed E-state index contributed by atoms with van der Waals surface area (Å²) in [4.78, 5) is 8.46. The lowest BCUT2D eigenvalue weighted by Gasteiger charge is -2.09. The zero-order valence-corrected chi connectivity index (χ0v) is 8.29. The Morgan fingerprint density at radius 1 is 1.38 bits per heavy atom. The second-order valence-corrected chi connectivity index (χ2v) is 2.76. The molecule has 0 amide bonds. The van der Waals surface area contributed by atoms with Gasteiger partial charge in [-0.15, -0.1) is 0 Å². The molecule has 72 valence electrons. The van der Waals surface area contributed by atoms with Gasteiger partial charge in [-0.1, -0.05) is 6.92 Å². The monoisotopic (exact) mass is 181 g/mol. The fourth-order valence-corrected chi connectivity index (χ4v) is 1.29. The zero-order valence-electron chi connectivity index (χ0n) is 8.29. The van der Waals surface area contributed by atoms with Crippen LogP contribution >= 0.6 is 0 Å². The normalized spacial score (nSPS) is 10.2. The van der Waals surface area contributed by atoms with Gasteiger partial charge in [-0.25, -0.2) is 4.98 Å². The summed E-state index contributed by atoms with van der Waals surface area (Å²) in [5, 5.41) is 0. The van der Waals surface area contributed by atoms with Crippen LogP contribution in [0.5, 0.6) is 5.88 Å². The van der Waals surface area contributed by atoms with Crippen molar-refractivity contribution in [2.75, 3.05) is 7.11 Å². The maximum absolute atomic E-state index is 5.59. The van der Waals surface area contributed by atoms with E-state index in [1.54, 1.807) is 7.11 Å². The zero-order chi connectivity index (χ0) is 9.84. The van der Waals surface area contributed by atoms with E-state index in [1.807, 2.05) is 13.8 Å². The van der Waals surface area contributed by atoms with E-state index in [0.29, 0.717) is 12.4 Å². The summed E-state index contributed by atoms with van der Waals surface area (Å²) in [6, 6.07) is 0. The minimum atomic E-state index is 0.423. The molecule has 0 aromatic carbocycles. The minimum Gasteiger partial charge on any atom is -0.481 e. The van der Waals surface area contributed by atoms with Crippen LogP contribution in [-0.2, 0) is 13.0 Å². The minimum absolute atomic E-state index is 0.423. The maximum atomic E-state index is 5.59. The highest BCUT2D eigenvalue weighted by Crippen LogP contribution is 2.18. The van der Waals surface area contributed by atoms with Gasteiger partial charge in [-0.2, -0.15) is 4.98 Å². The predicted octanol–water partition coefficient (Wildman–Crippen LogP) is 0.815. The average molecular weight is 181 g/mol. The van der Waals surface area contributed by atoms with Gasteiger partial charge in [0.25, 0.3) is 0 Å². The third-order valence-corrected chi connectivity index (χ3v) is 1.90. The molecule has 4 heteroatoms. The molecule has 4 nitrogen and oxygen atoms in total. The van der Waals surface area contributed by atoms with E-state index < -0.39 is 0 Å². The van der Waals surface area contributed by atoms with Crippen LogP contribution in [0.2, 0.25) is 0 Å². The number of rotatable bonds is 3. The van der Waals surface area contributed by atoms with E-state index in [-0.39, 0.29) is 0 Å². The molecular weight excluding hydrogens is 166 g/mol. The van der Waals surface area contributed by atoms with Crippen LogP contribution in [0.3, 0.4) is 0 Å². The van der Waals surface area contributed by atoms with Crippen molar-refractivity contribution in [3.63, 3.8) is 0 Å². The van der Waals surface area contributed by atoms with E-state index in [0.717, 1.165) is 23.5 Å². The second-order valence-electron chi connectivity index (χ2n) is 2.76. The Morgan fingerprint density at radius 2 is 2.08 bits per heavy atom. The fourth-order valence-electron chi connectivity index (χ4n) is 1.29. The second kappa shape index (κ2) is 4.18. The molecule has 0 spiro atoms. The van der Waals surface area contributed by atoms with Crippen molar-refractivity contribution in [3.05, 3.63) is 17.1 Å². The van der Waals surface area contributed by atoms with Gasteiger partial charge in [0.1, 0.15) is 5.82 Å². The lowest BCUT2D eigenvalue weighted by molar-refractivity contribution is 0.389. The molecule has 13 heavy (non-hydrogen) atoms. The van der Waals surface area contributed by atoms with E-state index in [4.69, 9.17) is 10.5 Å². The van der Waals surface area contributed by atoms with Crippen molar-refractivity contribution in [1.82, 2.24) is 9.97 Å². The number of aryl methyl sites for hydroxylation is 2. The summed E-state index contributed by atoms with van der Waals surface area (Å²) in [7, 11) is 1.60. The number of aromatic nitrogens is 2. The summed E-state index contributed by atoms with van der Waals surface area (Å²) in [6.45, 7) is 4.31. The number of hydrogen-bond acceptors (Lipinski definition) is 4. The summed E-state index contributed by atoms with van der Waals surface area (Å²) in [5.74, 6) is 1.33. The van der Waals surface area contributed by atoms with E-state index in [1.165, 1.54) is 0 Å². The van der Waals surface area contributed by atoms with Gasteiger partial charge in [0, 0.05) is 12.1 Å². The fraction of sp³-hybridized carbons (Fsp3) is 0.556. The third kappa shape index (κ3) is 1.95. The molecule has 0 aliphatic heterocycles. The van der Waals surface area contributed by atoms with Crippen molar-refractivity contribution >= 4 is 0 Å². The summed E-state index contributed by atoms with van der Waals surface area (Å²) >= 11 is 0. The largest absolute Gasteiger partial charge is 0.481 e. The van der Waals surface area contributed by atoms with Gasteiger partial charge < -0.3 is 10.5 Å². The Bertz CT molecular complexity index is 274. The number of ether oxygens (including phenoxy) is 1. The highest BCUT2D eigenvalue weighted by molar-refractivity contribution is 5.30. The molecule has 0 unspecified atom stereocenters. The molecule has 2 N–H and O–H groups in total. The Hall–Kier alpha value is -1.16. The van der Waals surface area contributed by atoms with Crippen LogP contribution in [0, 0.1) is 6.92 Å². The number of methoxy groups -OCH3 is 1. The molecule has 0 aliphatic carbocycles. The summed E-state index contributed by atoms with van der Waals surface area (Å²) in [6.07, 6.45) is 0.853. The van der Waals surface area contributed by atoms with Gasteiger partial charge in [-0.05, 0) is 13.3 Å². The number of hydrogen-bond donors (Lipinski definition) is 1. The standard InChI is InChI=1S/C9H15N3O/c1-4-8-7(5-10)9(13-3)12-6(2)11-8/h4-5,10H2,1-3H3. The van der Waals surface area contributed by atoms with Gasteiger partial charge in [0.2, 0.25) is 5.88 Å². The number of nitrogens with two attached hydrogens (primary N) is 1. The first-order chi connectivity index (χ1) is 6.22. The lowest BCUT2D eigenvalue weighted by Crippen LogP contribution is -2.09. The van der Waals surface area contributed by atoms with Crippen LogP contribution in [0.15, 0.2) is 0 Å². The topological polar surface area (TPSA) is 61.0 Å². The first-order valence-corrected chi connectivity index (χ1v) is 4.33. The average Bonchev–Trinajstić information content (AvgIpc) is 2.16. The first-order valence-electron chi connectivity index (χ1n) is 4.33. The van der Waals surface area contributed by atoms with E-state index in [9.17, 15) is 0 Å². The molecule has 1 rings (SSSR count). The number of nitrogens with zero attached hydrogens (tertiary/aromatic N) is 2. The Kier molecular flexibility index (Phi) is 3.19. The molecule has 0 radical (unpaired) electrons. The quantitative estimate of drug-likeness (QED) is 0.749. The van der Waals surface area contributed by atoms with E-state index in [2.05, 4.69) is 9.97 Å². The molecule has 0 saturated carbocycles. The van der Waals surface area contributed by atoms with E-state index >= 15 is 0 Å². The highest BCUT2D eigenvalue weighted by atomic mass is 16.5. The first kappa shape index (κ1) is 9.92. The smallest absolute Gasteiger partial charge is 0.221 e. The molecule has 0 saturated heterocycles. The van der Waals surface area contributed by atoms with Crippen molar-refractivity contribution in [2.45, 2.75) is 26.8 Å². The Morgan fingerprint density at radius 3 is 2.54 bits per heavy atom. The molecule has 1 aromatic rings. The molecule has 0 fully saturated rings. The SMILES string of the molecule is CCc1nc(C)nc(OC)c1CN. The van der Waals surface area contributed by atoms with Crippen LogP contribution in [0.4, 0.5) is 0 Å². The van der Waals surface area contributed by atoms with Crippen LogP contribution in [-0.4, -0.2) is 17.1 Å². The maximum Gasteiger partial charge on any atom is 0.221 e. The van der Waals surface area contributed by atoms with Crippen LogP contribution in [0.1, 0.15) is 24.0 Å². The van der Waals surface area contributed by atoms with Crippen LogP contribution in [0.25, 0.3) is 0 Å². The van der Waals surface area contributed by atoms with Crippen molar-refractivity contribution < 1.29 is 4.74 Å². The molecule has 0 bridgehead atoms. The Balaban J connectivity index is 3.25. The highest BCUT2D eigenvalue weighted by Gasteiger charge is 2.10. The van der Waals surface area contributed by atoms with Gasteiger partial charge in [0.05, 0.1) is 12.8 Å². The molecule has 0 aliphatic rings. The van der Waals surface area contributed by atoms with Crippen molar-refractivity contribution in [3.8, 4) is 5.88 Å². The van der Waals surface area contributed by atoms with Gasteiger partial charge in [0.15, 0.2) is 0 Å². The van der Waals surface area contributed by atoms with Crippen LogP contribution < -0.4 is 10.5 Å². The molecule has 1 heterocycles. The summed E-state index contributed by atoms with van der Waals surface area (Å²) < 4.78 is 5.13. The lowest BCUT2D eigenvalue weighted by atomic mass is 10.2. The van der Waals surface area contributed by atoms with Crippen molar-refractivity contribution in [1.29, 1.82) is 0 Å². The Labute approximate surface area is 78.1 Å². The molecule has 0 atom stereocenters. The van der Waals surface area contributed by atoms with Crippen molar-refractivity contribution in [2.24, 2.45) is 5.73 Å². The third-order valence-electron chi connectivity index (χ3n) is 1.90. The molecule has 1 aromatic heterocycles.